The Labute approximate surface area is 140 Å². The Kier molecular flexibility index (Phi) is 4.96. The summed E-state index contributed by atoms with van der Waals surface area (Å²) < 4.78 is 13.2. The molecule has 1 aromatic carbocycles. The minimum Gasteiger partial charge on any atom is -0.367 e. The van der Waals surface area contributed by atoms with Crippen LogP contribution in [0.2, 0.25) is 5.02 Å². The van der Waals surface area contributed by atoms with Gasteiger partial charge in [-0.05, 0) is 38.0 Å². The van der Waals surface area contributed by atoms with Crippen LogP contribution < -0.4 is 10.6 Å². The van der Waals surface area contributed by atoms with Crippen molar-refractivity contribution in [3.63, 3.8) is 0 Å². The van der Waals surface area contributed by atoms with Gasteiger partial charge in [-0.15, -0.1) is 0 Å². The summed E-state index contributed by atoms with van der Waals surface area (Å²) in [4.78, 5) is 8.83. The second-order valence-corrected chi connectivity index (χ2v) is 6.33. The van der Waals surface area contributed by atoms with E-state index in [0.29, 0.717) is 23.4 Å². The lowest BCUT2D eigenvalue weighted by Gasteiger charge is -2.23. The van der Waals surface area contributed by atoms with Gasteiger partial charge < -0.3 is 10.6 Å². The fraction of sp³-hybridized carbons (Fsp3) is 0.412. The maximum atomic E-state index is 13.2. The lowest BCUT2D eigenvalue weighted by Crippen LogP contribution is -2.23. The Morgan fingerprint density at radius 2 is 1.83 bits per heavy atom. The number of nitrogens with zero attached hydrogens (tertiary/aromatic N) is 2. The van der Waals surface area contributed by atoms with Crippen LogP contribution in [0.5, 0.6) is 0 Å². The molecule has 4 nitrogen and oxygen atoms in total. The first kappa shape index (κ1) is 16.0. The summed E-state index contributed by atoms with van der Waals surface area (Å²) in [7, 11) is 0. The van der Waals surface area contributed by atoms with Crippen molar-refractivity contribution in [2.45, 2.75) is 45.1 Å². The van der Waals surface area contributed by atoms with Crippen LogP contribution in [0.15, 0.2) is 24.3 Å². The molecule has 1 fully saturated rings. The quantitative estimate of drug-likeness (QED) is 0.820. The fourth-order valence-corrected chi connectivity index (χ4v) is 3.06. The molecule has 1 aliphatic carbocycles. The lowest BCUT2D eigenvalue weighted by atomic mass is 9.95. The Hall–Kier alpha value is -1.88. The van der Waals surface area contributed by atoms with Crippen molar-refractivity contribution in [1.29, 1.82) is 0 Å². The standard InChI is InChI=1S/C17H20ClFN4/c1-11-20-16(22-12-5-3-2-4-6-12)10-17(21-11)23-13-7-8-15(19)14(18)9-13/h7-10,12H,2-6H2,1H3,(H2,20,21,22,23). The van der Waals surface area contributed by atoms with E-state index < -0.39 is 5.82 Å². The topological polar surface area (TPSA) is 49.8 Å². The molecule has 3 rings (SSSR count). The SMILES string of the molecule is Cc1nc(Nc2ccc(F)c(Cl)c2)cc(NC2CCCCC2)n1. The van der Waals surface area contributed by atoms with Crippen LogP contribution in [0, 0.1) is 12.7 Å². The van der Waals surface area contributed by atoms with Gasteiger partial charge in [-0.3, -0.25) is 0 Å². The number of aryl methyl sites for hydroxylation is 1. The van der Waals surface area contributed by atoms with Gasteiger partial charge >= 0.3 is 0 Å². The van der Waals surface area contributed by atoms with Gasteiger partial charge in [0.2, 0.25) is 0 Å². The van der Waals surface area contributed by atoms with Gasteiger partial charge in [0, 0.05) is 17.8 Å². The average molecular weight is 335 g/mol. The molecular formula is C17H20ClFN4. The average Bonchev–Trinajstić information content (AvgIpc) is 2.51. The highest BCUT2D eigenvalue weighted by molar-refractivity contribution is 6.31. The summed E-state index contributed by atoms with van der Waals surface area (Å²) in [6, 6.07) is 6.86. The molecule has 0 atom stereocenters. The molecule has 2 N–H and O–H groups in total. The molecule has 6 heteroatoms. The molecule has 1 heterocycles. The molecule has 0 spiro atoms. The van der Waals surface area contributed by atoms with Gasteiger partial charge in [0.05, 0.1) is 5.02 Å². The maximum Gasteiger partial charge on any atom is 0.141 e. The normalized spacial score (nSPS) is 15.4. The Morgan fingerprint density at radius 3 is 2.57 bits per heavy atom. The van der Waals surface area contributed by atoms with Crippen molar-refractivity contribution >= 4 is 28.9 Å². The molecule has 1 aliphatic rings. The van der Waals surface area contributed by atoms with E-state index in [4.69, 9.17) is 11.6 Å². The first-order valence-electron chi connectivity index (χ1n) is 7.94. The number of anilines is 3. The molecule has 0 unspecified atom stereocenters. The molecule has 2 aromatic rings. The van der Waals surface area contributed by atoms with E-state index in [1.165, 1.54) is 38.2 Å². The Bertz CT molecular complexity index is 686. The molecular weight excluding hydrogens is 315 g/mol. The van der Waals surface area contributed by atoms with Gasteiger partial charge in [-0.2, -0.15) is 0 Å². The zero-order valence-corrected chi connectivity index (χ0v) is 13.8. The number of rotatable bonds is 4. The van der Waals surface area contributed by atoms with Crippen molar-refractivity contribution in [2.24, 2.45) is 0 Å². The number of halogens is 2. The molecule has 1 aromatic heterocycles. The van der Waals surface area contributed by atoms with Gasteiger partial charge in [0.25, 0.3) is 0 Å². The lowest BCUT2D eigenvalue weighted by molar-refractivity contribution is 0.462. The second kappa shape index (κ2) is 7.13. The van der Waals surface area contributed by atoms with Crippen LogP contribution in [0.3, 0.4) is 0 Å². The highest BCUT2D eigenvalue weighted by Crippen LogP contribution is 2.25. The van der Waals surface area contributed by atoms with Crippen LogP contribution in [0.1, 0.15) is 37.9 Å². The molecule has 1 saturated carbocycles. The van der Waals surface area contributed by atoms with E-state index >= 15 is 0 Å². The van der Waals surface area contributed by atoms with Crippen LogP contribution >= 0.6 is 11.6 Å². The van der Waals surface area contributed by atoms with E-state index in [2.05, 4.69) is 20.6 Å². The number of aromatic nitrogens is 2. The third-order valence-corrected chi connectivity index (χ3v) is 4.28. The Morgan fingerprint density at radius 1 is 1.09 bits per heavy atom. The van der Waals surface area contributed by atoms with E-state index in [-0.39, 0.29) is 5.02 Å². The van der Waals surface area contributed by atoms with Crippen molar-refractivity contribution < 1.29 is 4.39 Å². The van der Waals surface area contributed by atoms with E-state index in [9.17, 15) is 4.39 Å². The predicted octanol–water partition coefficient (Wildman–Crippen LogP) is 5.07. The summed E-state index contributed by atoms with van der Waals surface area (Å²) in [5.74, 6) is 1.73. The highest BCUT2D eigenvalue weighted by Gasteiger charge is 2.14. The van der Waals surface area contributed by atoms with Crippen LogP contribution in [-0.2, 0) is 0 Å². The van der Waals surface area contributed by atoms with E-state index in [1.54, 1.807) is 12.1 Å². The molecule has 23 heavy (non-hydrogen) atoms. The van der Waals surface area contributed by atoms with E-state index in [1.807, 2.05) is 13.0 Å². The molecule has 122 valence electrons. The molecule has 0 radical (unpaired) electrons. The largest absolute Gasteiger partial charge is 0.367 e. The number of benzene rings is 1. The zero-order valence-electron chi connectivity index (χ0n) is 13.1. The third-order valence-electron chi connectivity index (χ3n) is 3.99. The first-order valence-corrected chi connectivity index (χ1v) is 8.32. The minimum absolute atomic E-state index is 0.0846. The van der Waals surface area contributed by atoms with Crippen molar-refractivity contribution in [3.05, 3.63) is 40.9 Å². The zero-order chi connectivity index (χ0) is 16.2. The molecule has 0 saturated heterocycles. The molecule has 0 aliphatic heterocycles. The monoisotopic (exact) mass is 334 g/mol. The summed E-state index contributed by atoms with van der Waals surface area (Å²) in [6.07, 6.45) is 6.21. The van der Waals surface area contributed by atoms with Crippen LogP contribution in [0.4, 0.5) is 21.7 Å². The van der Waals surface area contributed by atoms with Crippen LogP contribution in [-0.4, -0.2) is 16.0 Å². The number of hydrogen-bond donors (Lipinski definition) is 2. The minimum atomic E-state index is -0.435. The van der Waals surface area contributed by atoms with E-state index in [0.717, 1.165) is 5.82 Å². The van der Waals surface area contributed by atoms with Crippen molar-refractivity contribution in [3.8, 4) is 0 Å². The highest BCUT2D eigenvalue weighted by atomic mass is 35.5. The summed E-state index contributed by atoms with van der Waals surface area (Å²) in [5.41, 5.74) is 0.693. The fourth-order valence-electron chi connectivity index (χ4n) is 2.88. The van der Waals surface area contributed by atoms with Crippen LogP contribution in [0.25, 0.3) is 0 Å². The van der Waals surface area contributed by atoms with Gasteiger partial charge in [0.1, 0.15) is 23.3 Å². The summed E-state index contributed by atoms with van der Waals surface area (Å²) in [5, 5.41) is 6.72. The smallest absolute Gasteiger partial charge is 0.141 e. The summed E-state index contributed by atoms with van der Waals surface area (Å²) >= 11 is 5.81. The second-order valence-electron chi connectivity index (χ2n) is 5.92. The maximum absolute atomic E-state index is 13.2. The predicted molar refractivity (Wildman–Crippen MR) is 92.0 cm³/mol. The van der Waals surface area contributed by atoms with Crippen molar-refractivity contribution in [1.82, 2.24) is 9.97 Å². The third kappa shape index (κ3) is 4.32. The Balaban J connectivity index is 1.75. The molecule has 0 bridgehead atoms. The first-order chi connectivity index (χ1) is 11.1. The summed E-state index contributed by atoms with van der Waals surface area (Å²) in [6.45, 7) is 1.86. The molecule has 0 amide bonds. The van der Waals surface area contributed by atoms with Gasteiger partial charge in [-0.25, -0.2) is 14.4 Å². The number of hydrogen-bond acceptors (Lipinski definition) is 4. The number of nitrogens with one attached hydrogen (secondary N) is 2. The van der Waals surface area contributed by atoms with Gasteiger partial charge in [-0.1, -0.05) is 30.9 Å². The van der Waals surface area contributed by atoms with Gasteiger partial charge in [0.15, 0.2) is 0 Å². The van der Waals surface area contributed by atoms with Crippen molar-refractivity contribution in [2.75, 3.05) is 10.6 Å².